The van der Waals surface area contributed by atoms with Gasteiger partial charge in [-0.1, -0.05) is 0 Å². The molecule has 0 spiro atoms. The lowest BCUT2D eigenvalue weighted by Crippen LogP contribution is -1.90. The minimum Gasteiger partial charge on any atom is -0.396 e. The van der Waals surface area contributed by atoms with Crippen molar-refractivity contribution in [2.75, 3.05) is 20.3 Å². The highest BCUT2D eigenvalue weighted by atomic mass is 31.1. The Kier molecular flexibility index (Phi) is 6.31. The van der Waals surface area contributed by atoms with Gasteiger partial charge in [-0.25, -0.2) is 0 Å². The molecular formula is C4H11O4P. The van der Waals surface area contributed by atoms with Crippen molar-refractivity contribution < 1.29 is 18.7 Å². The molecule has 0 bridgehead atoms. The topological polar surface area (TPSA) is 55.8 Å². The molecule has 1 unspecified atom stereocenters. The van der Waals surface area contributed by atoms with E-state index in [1.807, 2.05) is 0 Å². The number of aliphatic hydroxyl groups excluding tert-OH is 1. The fraction of sp³-hybridized carbons (Fsp3) is 1.00. The van der Waals surface area contributed by atoms with E-state index in [0.29, 0.717) is 13.0 Å². The second-order valence-electron chi connectivity index (χ2n) is 1.38. The van der Waals surface area contributed by atoms with Crippen LogP contribution in [0.1, 0.15) is 6.42 Å². The molecule has 1 N–H and O–H groups in total. The lowest BCUT2D eigenvalue weighted by atomic mass is 10.5. The van der Waals surface area contributed by atoms with Crippen molar-refractivity contribution in [1.82, 2.24) is 0 Å². The number of rotatable bonds is 5. The van der Waals surface area contributed by atoms with Gasteiger partial charge in [-0.05, 0) is 6.42 Å². The van der Waals surface area contributed by atoms with Gasteiger partial charge < -0.3 is 14.2 Å². The van der Waals surface area contributed by atoms with E-state index in [1.165, 1.54) is 7.11 Å². The Morgan fingerprint density at radius 3 is 2.78 bits per heavy atom. The summed E-state index contributed by atoms with van der Waals surface area (Å²) in [5.41, 5.74) is 0. The Morgan fingerprint density at radius 1 is 1.67 bits per heavy atom. The van der Waals surface area contributed by atoms with Crippen LogP contribution in [0.5, 0.6) is 0 Å². The summed E-state index contributed by atoms with van der Waals surface area (Å²) in [4.78, 5) is 0. The SMILES string of the molecule is CO[PH](=O)OCCCO. The van der Waals surface area contributed by atoms with Gasteiger partial charge in [0.15, 0.2) is 0 Å². The van der Waals surface area contributed by atoms with E-state index in [1.54, 1.807) is 0 Å². The fourth-order valence-corrected chi connectivity index (χ4v) is 0.708. The number of hydrogen-bond acceptors (Lipinski definition) is 4. The summed E-state index contributed by atoms with van der Waals surface area (Å²) in [5, 5.41) is 8.24. The molecule has 0 aliphatic rings. The second kappa shape index (κ2) is 6.23. The molecule has 0 aromatic heterocycles. The third kappa shape index (κ3) is 5.99. The molecule has 0 aromatic carbocycles. The van der Waals surface area contributed by atoms with Crippen molar-refractivity contribution >= 4 is 8.25 Å². The van der Waals surface area contributed by atoms with Crippen LogP contribution in [0.2, 0.25) is 0 Å². The van der Waals surface area contributed by atoms with Gasteiger partial charge in [0, 0.05) is 13.7 Å². The molecule has 0 amide bonds. The van der Waals surface area contributed by atoms with Gasteiger partial charge in [0.25, 0.3) is 0 Å². The van der Waals surface area contributed by atoms with Crippen LogP contribution in [-0.2, 0) is 13.6 Å². The highest BCUT2D eigenvalue weighted by Gasteiger charge is 1.92. The molecule has 1 atom stereocenters. The Balaban J connectivity index is 2.97. The predicted octanol–water partition coefficient (Wildman–Crippen LogP) is 0.421. The molecule has 0 fully saturated rings. The molecule has 0 heterocycles. The maximum atomic E-state index is 10.3. The van der Waals surface area contributed by atoms with Gasteiger partial charge in [0.05, 0.1) is 6.61 Å². The largest absolute Gasteiger partial charge is 0.396 e. The molecule has 4 nitrogen and oxygen atoms in total. The molecule has 0 radical (unpaired) electrons. The highest BCUT2D eigenvalue weighted by molar-refractivity contribution is 7.33. The minimum absolute atomic E-state index is 0.0544. The predicted molar refractivity (Wildman–Crippen MR) is 33.7 cm³/mol. The van der Waals surface area contributed by atoms with Gasteiger partial charge in [0.1, 0.15) is 0 Å². The first kappa shape index (κ1) is 9.11. The molecule has 56 valence electrons. The van der Waals surface area contributed by atoms with Crippen LogP contribution in [0.3, 0.4) is 0 Å². The first-order valence-corrected chi connectivity index (χ1v) is 3.85. The van der Waals surface area contributed by atoms with Crippen LogP contribution in [0, 0.1) is 0 Å². The minimum atomic E-state index is -2.26. The summed E-state index contributed by atoms with van der Waals surface area (Å²) < 4.78 is 19.3. The van der Waals surface area contributed by atoms with Crippen LogP contribution >= 0.6 is 8.25 Å². The zero-order chi connectivity index (χ0) is 7.11. The fourth-order valence-electron chi connectivity index (χ4n) is 0.279. The Hall–Kier alpha value is 0.110. The van der Waals surface area contributed by atoms with Crippen LogP contribution in [0.25, 0.3) is 0 Å². The third-order valence-corrected chi connectivity index (χ3v) is 1.46. The summed E-state index contributed by atoms with van der Waals surface area (Å²) >= 11 is 0. The Morgan fingerprint density at radius 2 is 2.33 bits per heavy atom. The molecule has 0 aromatic rings. The molecule has 5 heteroatoms. The van der Waals surface area contributed by atoms with Crippen LogP contribution < -0.4 is 0 Å². The lowest BCUT2D eigenvalue weighted by molar-refractivity contribution is 0.215. The van der Waals surface area contributed by atoms with Crippen molar-refractivity contribution in [3.63, 3.8) is 0 Å². The summed E-state index contributed by atoms with van der Waals surface area (Å²) in [6.07, 6.45) is 0.500. The highest BCUT2D eigenvalue weighted by Crippen LogP contribution is 2.21. The molecular weight excluding hydrogens is 143 g/mol. The van der Waals surface area contributed by atoms with Crippen molar-refractivity contribution in [2.45, 2.75) is 6.42 Å². The maximum Gasteiger partial charge on any atom is 0.318 e. The summed E-state index contributed by atoms with van der Waals surface area (Å²) in [7, 11) is -0.943. The summed E-state index contributed by atoms with van der Waals surface area (Å²) in [6, 6.07) is 0. The molecule has 0 rings (SSSR count). The van der Waals surface area contributed by atoms with E-state index in [4.69, 9.17) is 5.11 Å². The zero-order valence-corrected chi connectivity index (χ0v) is 6.29. The smallest absolute Gasteiger partial charge is 0.318 e. The second-order valence-corrected chi connectivity index (χ2v) is 2.58. The average molecular weight is 154 g/mol. The van der Waals surface area contributed by atoms with Gasteiger partial charge in [-0.2, -0.15) is 0 Å². The first-order valence-electron chi connectivity index (χ1n) is 2.63. The van der Waals surface area contributed by atoms with Crippen molar-refractivity contribution in [2.24, 2.45) is 0 Å². The van der Waals surface area contributed by atoms with E-state index in [9.17, 15) is 4.57 Å². The van der Waals surface area contributed by atoms with Crippen molar-refractivity contribution in [3.8, 4) is 0 Å². The normalized spacial score (nSPS) is 13.6. The standard InChI is InChI=1S/C4H11O4P/c1-7-9(6)8-4-2-3-5/h5,9H,2-4H2,1H3. The van der Waals surface area contributed by atoms with Crippen molar-refractivity contribution in [1.29, 1.82) is 0 Å². The van der Waals surface area contributed by atoms with E-state index in [-0.39, 0.29) is 6.61 Å². The molecule has 9 heavy (non-hydrogen) atoms. The molecule has 0 aliphatic carbocycles. The maximum absolute atomic E-state index is 10.3. The molecule has 0 saturated carbocycles. The van der Waals surface area contributed by atoms with E-state index >= 15 is 0 Å². The monoisotopic (exact) mass is 154 g/mol. The van der Waals surface area contributed by atoms with E-state index < -0.39 is 8.25 Å². The Labute approximate surface area is 54.7 Å². The van der Waals surface area contributed by atoms with Crippen LogP contribution in [-0.4, -0.2) is 25.4 Å². The van der Waals surface area contributed by atoms with Gasteiger partial charge >= 0.3 is 8.25 Å². The van der Waals surface area contributed by atoms with Gasteiger partial charge in [-0.15, -0.1) is 0 Å². The first-order chi connectivity index (χ1) is 4.31. The summed E-state index contributed by atoms with van der Waals surface area (Å²) in [5.74, 6) is 0. The molecule has 0 saturated heterocycles. The Bertz CT molecular complexity index is 84.6. The van der Waals surface area contributed by atoms with Gasteiger partial charge in [0.2, 0.25) is 0 Å². The van der Waals surface area contributed by atoms with E-state index in [2.05, 4.69) is 9.05 Å². The third-order valence-electron chi connectivity index (χ3n) is 0.689. The lowest BCUT2D eigenvalue weighted by Gasteiger charge is -1.98. The number of hydrogen-bond donors (Lipinski definition) is 1. The van der Waals surface area contributed by atoms with Crippen LogP contribution in [0.15, 0.2) is 0 Å². The molecule has 0 aliphatic heterocycles. The van der Waals surface area contributed by atoms with Crippen molar-refractivity contribution in [3.05, 3.63) is 0 Å². The zero-order valence-electron chi connectivity index (χ0n) is 5.29. The number of aliphatic hydroxyl groups is 1. The quantitative estimate of drug-likeness (QED) is 0.460. The van der Waals surface area contributed by atoms with E-state index in [0.717, 1.165) is 0 Å². The summed E-state index contributed by atoms with van der Waals surface area (Å²) in [6.45, 7) is 0.348. The van der Waals surface area contributed by atoms with Crippen LogP contribution in [0.4, 0.5) is 0 Å². The van der Waals surface area contributed by atoms with Gasteiger partial charge in [-0.3, -0.25) is 4.57 Å². The average Bonchev–Trinajstić information content (AvgIpc) is 1.89.